The van der Waals surface area contributed by atoms with Crippen molar-refractivity contribution in [2.24, 2.45) is 0 Å². The molecule has 3 aromatic rings. The molecule has 1 saturated heterocycles. The quantitative estimate of drug-likeness (QED) is 0.671. The molecule has 1 N–H and O–H groups in total. The van der Waals surface area contributed by atoms with Crippen molar-refractivity contribution < 1.29 is 9.47 Å². The molecular weight excluding hydrogens is 355 g/mol. The summed E-state index contributed by atoms with van der Waals surface area (Å²) in [6, 6.07) is 6.23. The van der Waals surface area contributed by atoms with Crippen LogP contribution in [-0.2, 0) is 4.74 Å². The van der Waals surface area contributed by atoms with E-state index in [9.17, 15) is 0 Å². The van der Waals surface area contributed by atoms with E-state index >= 15 is 0 Å². The van der Waals surface area contributed by atoms with Crippen LogP contribution in [0.25, 0.3) is 5.65 Å². The van der Waals surface area contributed by atoms with Crippen molar-refractivity contribution in [1.82, 2.24) is 24.6 Å². The van der Waals surface area contributed by atoms with Gasteiger partial charge >= 0.3 is 0 Å². The third-order valence-corrected chi connectivity index (χ3v) is 5.38. The molecule has 2 atom stereocenters. The number of nitrogens with one attached hydrogen (secondary N) is 1. The highest BCUT2D eigenvalue weighted by atomic mass is 16.6. The van der Waals surface area contributed by atoms with Crippen molar-refractivity contribution in [3.8, 4) is 5.88 Å². The van der Waals surface area contributed by atoms with Gasteiger partial charge in [-0.25, -0.2) is 4.98 Å². The molecule has 1 aliphatic carbocycles. The van der Waals surface area contributed by atoms with Crippen molar-refractivity contribution in [1.29, 1.82) is 0 Å². The highest BCUT2D eigenvalue weighted by molar-refractivity contribution is 6.33. The Morgan fingerprint density at radius 3 is 3.00 bits per heavy atom. The highest BCUT2D eigenvalue weighted by Crippen LogP contribution is 2.33. The molecule has 8 nitrogen and oxygen atoms in total. The molecule has 0 unspecified atom stereocenters. The van der Waals surface area contributed by atoms with Gasteiger partial charge in [-0.1, -0.05) is 12.5 Å². The smallest absolute Gasteiger partial charge is 0.226 e. The molecule has 1 aliphatic heterocycles. The minimum Gasteiger partial charge on any atom is -0.470 e. The van der Waals surface area contributed by atoms with Gasteiger partial charge in [0.05, 0.1) is 13.2 Å². The Labute approximate surface area is 164 Å². The summed E-state index contributed by atoms with van der Waals surface area (Å²) in [6.45, 7) is 1.14. The Morgan fingerprint density at radius 2 is 2.14 bits per heavy atom. The summed E-state index contributed by atoms with van der Waals surface area (Å²) in [7, 11) is 5.95. The largest absolute Gasteiger partial charge is 0.470 e. The number of fused-ring (bicyclic) bond motifs is 1. The molecule has 0 amide bonds. The molecule has 0 spiro atoms. The number of aromatic nitrogens is 5. The maximum Gasteiger partial charge on any atom is 0.226 e. The SMILES string of the molecule is [B]c1cnc(N[C@@H]2CCC[C@H](c3nnc4ccccn34)C2)nc1OC1COC1. The second-order valence-corrected chi connectivity index (χ2v) is 7.42. The first kappa shape index (κ1) is 17.4. The van der Waals surface area contributed by atoms with Crippen LogP contribution in [0.15, 0.2) is 30.6 Å². The van der Waals surface area contributed by atoms with Crippen molar-refractivity contribution in [2.75, 3.05) is 18.5 Å². The third kappa shape index (κ3) is 3.42. The number of rotatable bonds is 5. The van der Waals surface area contributed by atoms with E-state index in [1.54, 1.807) is 6.20 Å². The van der Waals surface area contributed by atoms with Crippen LogP contribution in [0, 0.1) is 0 Å². The number of hydrogen-bond acceptors (Lipinski definition) is 7. The Kier molecular flexibility index (Phi) is 4.60. The van der Waals surface area contributed by atoms with Gasteiger partial charge in [-0.15, -0.1) is 10.2 Å². The number of anilines is 1. The van der Waals surface area contributed by atoms with E-state index in [4.69, 9.17) is 17.3 Å². The second kappa shape index (κ2) is 7.39. The summed E-state index contributed by atoms with van der Waals surface area (Å²) in [4.78, 5) is 8.80. The van der Waals surface area contributed by atoms with Crippen molar-refractivity contribution in [2.45, 2.75) is 43.7 Å². The zero-order valence-electron chi connectivity index (χ0n) is 15.5. The summed E-state index contributed by atoms with van der Waals surface area (Å²) >= 11 is 0. The van der Waals surface area contributed by atoms with E-state index in [1.807, 2.05) is 24.4 Å². The molecule has 142 valence electrons. The second-order valence-electron chi connectivity index (χ2n) is 7.42. The average Bonchev–Trinajstić information content (AvgIpc) is 3.11. The first-order valence-electron chi connectivity index (χ1n) is 9.69. The van der Waals surface area contributed by atoms with Gasteiger partial charge < -0.3 is 14.8 Å². The molecule has 1 saturated carbocycles. The molecule has 4 heterocycles. The minimum atomic E-state index is 0.0188. The normalized spacial score (nSPS) is 22.7. The molecule has 2 radical (unpaired) electrons. The standard InChI is InChI=1S/C19H21BN6O2/c20-15-9-21-19(23-18(15)28-14-10-27-11-14)22-13-5-3-4-12(8-13)17-25-24-16-6-1-2-7-26(16)17/h1-2,6-7,9,12-14H,3-5,8,10-11H2,(H,21,22,23)/t12-,13+/m0/s1. The summed E-state index contributed by atoms with van der Waals surface area (Å²) in [6.07, 6.45) is 7.87. The third-order valence-electron chi connectivity index (χ3n) is 5.38. The van der Waals surface area contributed by atoms with E-state index < -0.39 is 0 Å². The fourth-order valence-corrected chi connectivity index (χ4v) is 3.86. The molecule has 0 aromatic carbocycles. The number of hydrogen-bond donors (Lipinski definition) is 1. The van der Waals surface area contributed by atoms with Crippen molar-refractivity contribution in [3.63, 3.8) is 0 Å². The molecule has 9 heteroatoms. The fourth-order valence-electron chi connectivity index (χ4n) is 3.86. The molecule has 2 fully saturated rings. The van der Waals surface area contributed by atoms with Crippen molar-refractivity contribution >= 4 is 24.9 Å². The van der Waals surface area contributed by atoms with Gasteiger partial charge in [0.25, 0.3) is 0 Å². The maximum absolute atomic E-state index is 5.95. The van der Waals surface area contributed by atoms with Crippen LogP contribution >= 0.6 is 0 Å². The lowest BCUT2D eigenvalue weighted by molar-refractivity contribution is -0.0808. The van der Waals surface area contributed by atoms with E-state index in [0.717, 1.165) is 37.2 Å². The molecule has 3 aromatic heterocycles. The summed E-state index contributed by atoms with van der Waals surface area (Å²) in [5, 5.41) is 12.2. The summed E-state index contributed by atoms with van der Waals surface area (Å²) < 4.78 is 13.0. The van der Waals surface area contributed by atoms with Crippen LogP contribution in [0.3, 0.4) is 0 Å². The number of nitrogens with zero attached hydrogens (tertiary/aromatic N) is 5. The van der Waals surface area contributed by atoms with Gasteiger partial charge in [0.15, 0.2) is 5.65 Å². The van der Waals surface area contributed by atoms with E-state index in [0.29, 0.717) is 36.4 Å². The van der Waals surface area contributed by atoms with Crippen LogP contribution < -0.4 is 15.5 Å². The zero-order chi connectivity index (χ0) is 18.9. The molecule has 0 bridgehead atoms. The van der Waals surface area contributed by atoms with Gasteiger partial charge in [0, 0.05) is 24.4 Å². The molecule has 5 rings (SSSR count). The Bertz CT molecular complexity index is 976. The van der Waals surface area contributed by atoms with Gasteiger partial charge in [-0.05, 0) is 36.9 Å². The monoisotopic (exact) mass is 376 g/mol. The van der Waals surface area contributed by atoms with Crippen LogP contribution in [-0.4, -0.2) is 57.8 Å². The lowest BCUT2D eigenvalue weighted by Crippen LogP contribution is -2.40. The lowest BCUT2D eigenvalue weighted by Gasteiger charge is -2.29. The van der Waals surface area contributed by atoms with Crippen LogP contribution in [0.5, 0.6) is 5.88 Å². The highest BCUT2D eigenvalue weighted by Gasteiger charge is 2.27. The van der Waals surface area contributed by atoms with E-state index in [2.05, 4.69) is 29.9 Å². The number of ether oxygens (including phenoxy) is 2. The van der Waals surface area contributed by atoms with E-state index in [1.165, 1.54) is 0 Å². The average molecular weight is 376 g/mol. The topological polar surface area (TPSA) is 86.5 Å². The Balaban J connectivity index is 1.30. The molecule has 28 heavy (non-hydrogen) atoms. The van der Waals surface area contributed by atoms with Gasteiger partial charge in [0.2, 0.25) is 11.8 Å². The molecular formula is C19H21BN6O2. The Morgan fingerprint density at radius 1 is 1.21 bits per heavy atom. The Hall–Kier alpha value is -2.68. The van der Waals surface area contributed by atoms with E-state index in [-0.39, 0.29) is 12.1 Å². The van der Waals surface area contributed by atoms with Gasteiger partial charge in [-0.2, -0.15) is 4.98 Å². The predicted molar refractivity (Wildman–Crippen MR) is 104 cm³/mol. The first-order chi connectivity index (χ1) is 13.8. The first-order valence-corrected chi connectivity index (χ1v) is 9.69. The summed E-state index contributed by atoms with van der Waals surface area (Å²) in [5.74, 6) is 2.33. The van der Waals surface area contributed by atoms with Crippen LogP contribution in [0.4, 0.5) is 5.95 Å². The van der Waals surface area contributed by atoms with Gasteiger partial charge in [0.1, 0.15) is 19.8 Å². The number of pyridine rings is 1. The maximum atomic E-state index is 5.95. The predicted octanol–water partition coefficient (Wildman–Crippen LogP) is 1.23. The lowest BCUT2D eigenvalue weighted by atomic mass is 9.85. The van der Waals surface area contributed by atoms with Crippen molar-refractivity contribution in [3.05, 3.63) is 36.4 Å². The minimum absolute atomic E-state index is 0.0188. The zero-order valence-corrected chi connectivity index (χ0v) is 15.5. The van der Waals surface area contributed by atoms with Crippen LogP contribution in [0.2, 0.25) is 0 Å². The fraction of sp³-hybridized carbons (Fsp3) is 0.474. The van der Waals surface area contributed by atoms with Gasteiger partial charge in [-0.3, -0.25) is 4.40 Å². The van der Waals surface area contributed by atoms with Crippen LogP contribution in [0.1, 0.15) is 37.4 Å². The molecule has 2 aliphatic rings. The summed E-state index contributed by atoms with van der Waals surface area (Å²) in [5.41, 5.74) is 1.32.